The number of β-amino-alcohol motifs (C(OH)–C–C–N with tert-alkyl or cyclic N) is 1. The number of hydrogen-bond donors (Lipinski definition) is 1. The van der Waals surface area contributed by atoms with Gasteiger partial charge in [-0.1, -0.05) is 30.3 Å². The van der Waals surface area contributed by atoms with Crippen LogP contribution in [0.15, 0.2) is 53.0 Å². The summed E-state index contributed by atoms with van der Waals surface area (Å²) in [5.74, 6) is -0.399. The van der Waals surface area contributed by atoms with Gasteiger partial charge < -0.3 is 19.5 Å². The van der Waals surface area contributed by atoms with Gasteiger partial charge in [-0.3, -0.25) is 9.59 Å². The molecule has 0 spiro atoms. The van der Waals surface area contributed by atoms with Crippen molar-refractivity contribution >= 4 is 11.6 Å². The lowest BCUT2D eigenvalue weighted by Crippen LogP contribution is -2.45. The number of carbonyl (C=O) groups excluding carboxylic acids is 2. The number of carbonyl (C=O) groups is 2. The van der Waals surface area contributed by atoms with Crippen LogP contribution >= 0.6 is 0 Å². The van der Waals surface area contributed by atoms with Crippen LogP contribution in [0.2, 0.25) is 0 Å². The van der Waals surface area contributed by atoms with E-state index in [1.54, 1.807) is 13.8 Å². The molecule has 162 valence electrons. The van der Waals surface area contributed by atoms with Gasteiger partial charge in [0.25, 0.3) is 0 Å². The molecule has 6 heteroatoms. The molecule has 1 fully saturated rings. The number of ketones is 2. The fraction of sp³-hybridized carbons (Fsp3) is 0.500. The van der Waals surface area contributed by atoms with Crippen molar-refractivity contribution in [1.82, 2.24) is 4.90 Å². The molecule has 6 nitrogen and oxygen atoms in total. The second kappa shape index (κ2) is 9.14. The van der Waals surface area contributed by atoms with E-state index in [4.69, 9.17) is 9.47 Å². The molecule has 2 aliphatic rings. The summed E-state index contributed by atoms with van der Waals surface area (Å²) in [5, 5.41) is 11.1. The zero-order valence-corrected chi connectivity index (χ0v) is 18.2. The maximum atomic E-state index is 12.9. The van der Waals surface area contributed by atoms with E-state index in [1.807, 2.05) is 6.07 Å². The van der Waals surface area contributed by atoms with Crippen LogP contribution < -0.4 is 0 Å². The third kappa shape index (κ3) is 4.65. The topological polar surface area (TPSA) is 76.1 Å². The number of Topliss-reactive ketones (excluding diaryl/α,β-unsaturated/α-hetero) is 2. The van der Waals surface area contributed by atoms with Crippen molar-refractivity contribution in [2.24, 2.45) is 0 Å². The number of allylic oxidation sites excluding steroid dienone is 2. The molecule has 0 saturated carbocycles. The first kappa shape index (κ1) is 22.2. The Bertz CT molecular complexity index is 861. The van der Waals surface area contributed by atoms with Crippen molar-refractivity contribution in [1.29, 1.82) is 0 Å². The normalized spacial score (nSPS) is 21.1. The van der Waals surface area contributed by atoms with Gasteiger partial charge in [-0.15, -0.1) is 0 Å². The van der Waals surface area contributed by atoms with Gasteiger partial charge in [0.05, 0.1) is 19.8 Å². The second-order valence-electron chi connectivity index (χ2n) is 8.46. The minimum atomic E-state index is -1.14. The summed E-state index contributed by atoms with van der Waals surface area (Å²) >= 11 is 0. The third-order valence-electron chi connectivity index (χ3n) is 6.07. The quantitative estimate of drug-likeness (QED) is 0.693. The van der Waals surface area contributed by atoms with Crippen LogP contribution in [0.1, 0.15) is 44.6 Å². The maximum absolute atomic E-state index is 12.9. The largest absolute Gasteiger partial charge is 0.489 e. The smallest absolute Gasteiger partial charge is 0.228 e. The Kier molecular flexibility index (Phi) is 6.78. The average molecular weight is 414 g/mol. The van der Waals surface area contributed by atoms with E-state index in [9.17, 15) is 14.7 Å². The molecule has 30 heavy (non-hydrogen) atoms. The standard InChI is InChI=1S/C24H31NO5/c1-16-19(21(27)23(30-4)22(29-3)20(16)26)14-24(2,28)15-25-12-10-18(11-13-25)17-8-6-5-7-9-17/h5-9,18,28H,10-15H2,1-4H3. The molecule has 1 N–H and O–H groups in total. The number of likely N-dealkylation sites (tertiary alicyclic amines) is 1. The minimum Gasteiger partial charge on any atom is -0.489 e. The number of methoxy groups -OCH3 is 2. The maximum Gasteiger partial charge on any atom is 0.228 e. The molecule has 1 saturated heterocycles. The van der Waals surface area contributed by atoms with Gasteiger partial charge in [0.15, 0.2) is 0 Å². The Morgan fingerprint density at radius 2 is 1.60 bits per heavy atom. The molecule has 0 amide bonds. The van der Waals surface area contributed by atoms with Gasteiger partial charge in [-0.25, -0.2) is 0 Å². The Hall–Kier alpha value is -2.44. The molecule has 0 bridgehead atoms. The molecule has 0 radical (unpaired) electrons. The minimum absolute atomic E-state index is 0.0774. The van der Waals surface area contributed by atoms with Crippen LogP contribution in [0.5, 0.6) is 0 Å². The molecule has 3 rings (SSSR count). The first-order valence-corrected chi connectivity index (χ1v) is 10.4. The van der Waals surface area contributed by atoms with Crippen molar-refractivity contribution in [3.63, 3.8) is 0 Å². The predicted octanol–water partition coefficient (Wildman–Crippen LogP) is 2.98. The van der Waals surface area contributed by atoms with E-state index in [0.29, 0.717) is 23.6 Å². The highest BCUT2D eigenvalue weighted by Crippen LogP contribution is 2.33. The third-order valence-corrected chi connectivity index (χ3v) is 6.07. The van der Waals surface area contributed by atoms with E-state index in [-0.39, 0.29) is 23.7 Å². The van der Waals surface area contributed by atoms with Crippen LogP contribution in [0.3, 0.4) is 0 Å². The highest BCUT2D eigenvalue weighted by atomic mass is 16.5. The SMILES string of the molecule is COC1=C(OC)C(=O)C(CC(C)(O)CN2CCC(c3ccccc3)CC2)=C(C)C1=O. The zero-order valence-electron chi connectivity index (χ0n) is 18.2. The molecule has 1 aromatic carbocycles. The molecule has 1 aromatic rings. The van der Waals surface area contributed by atoms with Crippen molar-refractivity contribution in [2.75, 3.05) is 33.9 Å². The molecule has 0 aromatic heterocycles. The molecular formula is C24H31NO5. The van der Waals surface area contributed by atoms with Crippen LogP contribution in [0.25, 0.3) is 0 Å². The highest BCUT2D eigenvalue weighted by Gasteiger charge is 2.38. The average Bonchev–Trinajstić information content (AvgIpc) is 2.74. The van der Waals surface area contributed by atoms with Crippen LogP contribution in [-0.2, 0) is 19.1 Å². The summed E-state index contributed by atoms with van der Waals surface area (Å²) in [4.78, 5) is 27.7. The van der Waals surface area contributed by atoms with E-state index in [1.165, 1.54) is 19.8 Å². The monoisotopic (exact) mass is 413 g/mol. The Morgan fingerprint density at radius 1 is 1.03 bits per heavy atom. The molecule has 1 unspecified atom stereocenters. The van der Waals surface area contributed by atoms with Crippen LogP contribution in [-0.4, -0.2) is 61.0 Å². The second-order valence-corrected chi connectivity index (χ2v) is 8.46. The van der Waals surface area contributed by atoms with Crippen molar-refractivity contribution in [2.45, 2.75) is 44.6 Å². The summed E-state index contributed by atoms with van der Waals surface area (Å²) in [7, 11) is 2.68. The number of hydrogen-bond acceptors (Lipinski definition) is 6. The summed E-state index contributed by atoms with van der Waals surface area (Å²) in [6.07, 6.45) is 2.16. The first-order chi connectivity index (χ1) is 14.3. The lowest BCUT2D eigenvalue weighted by atomic mass is 9.84. The van der Waals surface area contributed by atoms with E-state index in [2.05, 4.69) is 29.2 Å². The summed E-state index contributed by atoms with van der Waals surface area (Å²) in [6, 6.07) is 10.5. The molecule has 1 aliphatic heterocycles. The molecule has 1 atom stereocenters. The number of piperidine rings is 1. The van der Waals surface area contributed by atoms with Gasteiger partial charge in [0, 0.05) is 24.1 Å². The number of aliphatic hydroxyl groups is 1. The predicted molar refractivity (Wildman–Crippen MR) is 114 cm³/mol. The van der Waals surface area contributed by atoms with Crippen LogP contribution in [0.4, 0.5) is 0 Å². The van der Waals surface area contributed by atoms with Crippen molar-refractivity contribution in [3.05, 3.63) is 58.6 Å². The van der Waals surface area contributed by atoms with Gasteiger partial charge in [-0.05, 0) is 51.3 Å². The molecule has 1 heterocycles. The first-order valence-electron chi connectivity index (χ1n) is 10.4. The Balaban J connectivity index is 1.65. The molecular weight excluding hydrogens is 382 g/mol. The summed E-state index contributed by atoms with van der Waals surface area (Å²) < 4.78 is 10.2. The van der Waals surface area contributed by atoms with Crippen molar-refractivity contribution < 1.29 is 24.2 Å². The molecule has 1 aliphatic carbocycles. The van der Waals surface area contributed by atoms with Crippen LogP contribution in [0, 0.1) is 0 Å². The van der Waals surface area contributed by atoms with Gasteiger partial charge in [0.1, 0.15) is 0 Å². The van der Waals surface area contributed by atoms with Gasteiger partial charge in [-0.2, -0.15) is 0 Å². The Morgan fingerprint density at radius 3 is 2.17 bits per heavy atom. The van der Waals surface area contributed by atoms with Gasteiger partial charge >= 0.3 is 0 Å². The number of nitrogens with zero attached hydrogens (tertiary/aromatic N) is 1. The summed E-state index contributed by atoms with van der Waals surface area (Å²) in [6.45, 7) is 5.53. The fourth-order valence-electron chi connectivity index (χ4n) is 4.47. The van der Waals surface area contributed by atoms with E-state index < -0.39 is 11.4 Å². The number of ether oxygens (including phenoxy) is 2. The van der Waals surface area contributed by atoms with Crippen molar-refractivity contribution in [3.8, 4) is 0 Å². The number of rotatable bonds is 7. The van der Waals surface area contributed by atoms with Gasteiger partial charge in [0.2, 0.25) is 23.1 Å². The van der Waals surface area contributed by atoms with E-state index in [0.717, 1.165) is 25.9 Å². The highest BCUT2D eigenvalue weighted by molar-refractivity contribution is 6.23. The Labute approximate surface area is 178 Å². The lowest BCUT2D eigenvalue weighted by Gasteiger charge is -2.37. The summed E-state index contributed by atoms with van der Waals surface area (Å²) in [5.41, 5.74) is 0.821. The lowest BCUT2D eigenvalue weighted by molar-refractivity contribution is -0.121. The zero-order chi connectivity index (χ0) is 21.9. The number of benzene rings is 1. The van der Waals surface area contributed by atoms with E-state index >= 15 is 0 Å². The fourth-order valence-corrected chi connectivity index (χ4v) is 4.47.